The second-order valence-electron chi connectivity index (χ2n) is 7.88. The number of ketones is 1. The van der Waals surface area contributed by atoms with E-state index in [1.807, 2.05) is 25.7 Å². The van der Waals surface area contributed by atoms with Crippen molar-refractivity contribution < 1.29 is 9.59 Å². The van der Waals surface area contributed by atoms with Crippen molar-refractivity contribution in [2.45, 2.75) is 71.8 Å². The van der Waals surface area contributed by atoms with Crippen LogP contribution in [0.1, 0.15) is 65.7 Å². The molecule has 0 aromatic carbocycles. The predicted octanol–water partition coefficient (Wildman–Crippen LogP) is 2.86. The number of carbonyl (C=O) groups excluding carboxylic acids is 2. The van der Waals surface area contributed by atoms with Gasteiger partial charge in [-0.15, -0.1) is 0 Å². The molecule has 0 aromatic rings. The van der Waals surface area contributed by atoms with E-state index in [1.54, 1.807) is 0 Å². The van der Waals surface area contributed by atoms with Gasteiger partial charge < -0.3 is 9.80 Å². The summed E-state index contributed by atoms with van der Waals surface area (Å²) >= 11 is 0. The zero-order chi connectivity index (χ0) is 16.2. The van der Waals surface area contributed by atoms with E-state index in [0.29, 0.717) is 6.42 Å². The third-order valence-electron chi connectivity index (χ3n) is 4.90. The number of likely N-dealkylation sites (tertiary alicyclic amines) is 2. The molecule has 0 saturated carbocycles. The summed E-state index contributed by atoms with van der Waals surface area (Å²) in [7, 11) is 0. The summed E-state index contributed by atoms with van der Waals surface area (Å²) in [4.78, 5) is 29.5. The lowest BCUT2D eigenvalue weighted by Crippen LogP contribution is -2.52. The fraction of sp³-hybridized carbons (Fsp3) is 0.889. The summed E-state index contributed by atoms with van der Waals surface area (Å²) in [6, 6.07) is -0.176. The number of carbonyl (C=O) groups is 2. The zero-order valence-corrected chi connectivity index (χ0v) is 14.6. The summed E-state index contributed by atoms with van der Waals surface area (Å²) in [5.41, 5.74) is -0.400. The fourth-order valence-corrected chi connectivity index (χ4v) is 3.56. The van der Waals surface area contributed by atoms with Crippen molar-refractivity contribution in [3.63, 3.8) is 0 Å². The van der Waals surface area contributed by atoms with Crippen LogP contribution >= 0.6 is 0 Å². The molecule has 4 heteroatoms. The van der Waals surface area contributed by atoms with Crippen LogP contribution in [0.5, 0.6) is 0 Å². The first-order valence-corrected chi connectivity index (χ1v) is 8.96. The first-order valence-electron chi connectivity index (χ1n) is 8.96. The van der Waals surface area contributed by atoms with Crippen LogP contribution in [0, 0.1) is 5.41 Å². The molecule has 1 unspecified atom stereocenters. The lowest BCUT2D eigenvalue weighted by molar-refractivity contribution is -0.148. The highest BCUT2D eigenvalue weighted by atomic mass is 16.2. The third kappa shape index (κ3) is 4.55. The van der Waals surface area contributed by atoms with Gasteiger partial charge in [-0.1, -0.05) is 27.2 Å². The van der Waals surface area contributed by atoms with Gasteiger partial charge in [-0.05, 0) is 45.2 Å². The highest BCUT2D eigenvalue weighted by Crippen LogP contribution is 2.26. The maximum atomic E-state index is 12.7. The van der Waals surface area contributed by atoms with Crippen molar-refractivity contribution in [3.05, 3.63) is 0 Å². The predicted molar refractivity (Wildman–Crippen MR) is 88.7 cm³/mol. The second kappa shape index (κ2) is 7.58. The molecule has 2 heterocycles. The van der Waals surface area contributed by atoms with Gasteiger partial charge in [-0.3, -0.25) is 9.59 Å². The highest BCUT2D eigenvalue weighted by Gasteiger charge is 2.36. The Kier molecular flexibility index (Phi) is 6.01. The van der Waals surface area contributed by atoms with Gasteiger partial charge in [-0.25, -0.2) is 0 Å². The van der Waals surface area contributed by atoms with E-state index in [1.165, 1.54) is 19.3 Å². The average molecular weight is 308 g/mol. The van der Waals surface area contributed by atoms with Crippen molar-refractivity contribution in [2.75, 3.05) is 26.2 Å². The molecule has 0 N–H and O–H groups in total. The monoisotopic (exact) mass is 308 g/mol. The SMILES string of the molecule is CC(C)(C)C(=O)N1CCCCC1C(=O)CCN1CCCCC1. The maximum Gasteiger partial charge on any atom is 0.228 e. The van der Waals surface area contributed by atoms with Gasteiger partial charge in [0.1, 0.15) is 0 Å². The standard InChI is InChI=1S/C18H32N2O2/c1-18(2,3)17(22)20-13-8-5-9-15(20)16(21)10-14-19-11-6-4-7-12-19/h15H,4-14H2,1-3H3. The van der Waals surface area contributed by atoms with Gasteiger partial charge in [0.15, 0.2) is 5.78 Å². The highest BCUT2D eigenvalue weighted by molar-refractivity contribution is 5.91. The minimum Gasteiger partial charge on any atom is -0.332 e. The minimum atomic E-state index is -0.400. The van der Waals surface area contributed by atoms with Gasteiger partial charge in [0.25, 0.3) is 0 Å². The zero-order valence-electron chi connectivity index (χ0n) is 14.6. The van der Waals surface area contributed by atoms with Crippen molar-refractivity contribution in [1.29, 1.82) is 0 Å². The number of hydrogen-bond donors (Lipinski definition) is 0. The number of Topliss-reactive ketones (excluding diaryl/α,β-unsaturated/α-hetero) is 1. The average Bonchev–Trinajstić information content (AvgIpc) is 2.52. The van der Waals surface area contributed by atoms with E-state index < -0.39 is 5.41 Å². The van der Waals surface area contributed by atoms with Crippen LogP contribution in [-0.2, 0) is 9.59 Å². The second-order valence-corrected chi connectivity index (χ2v) is 7.88. The van der Waals surface area contributed by atoms with Gasteiger partial charge >= 0.3 is 0 Å². The van der Waals surface area contributed by atoms with Crippen molar-refractivity contribution in [1.82, 2.24) is 9.80 Å². The van der Waals surface area contributed by atoms with E-state index in [0.717, 1.165) is 45.4 Å². The molecule has 0 bridgehead atoms. The lowest BCUT2D eigenvalue weighted by Gasteiger charge is -2.38. The number of rotatable bonds is 4. The molecule has 126 valence electrons. The number of nitrogens with zero attached hydrogens (tertiary/aromatic N) is 2. The first kappa shape index (κ1) is 17.5. The Bertz CT molecular complexity index is 394. The van der Waals surface area contributed by atoms with E-state index in [-0.39, 0.29) is 17.7 Å². The Morgan fingerprint density at radius 3 is 2.23 bits per heavy atom. The number of amides is 1. The molecule has 2 aliphatic heterocycles. The van der Waals surface area contributed by atoms with Gasteiger partial charge in [-0.2, -0.15) is 0 Å². The Morgan fingerprint density at radius 1 is 0.955 bits per heavy atom. The Balaban J connectivity index is 1.91. The van der Waals surface area contributed by atoms with Gasteiger partial charge in [0, 0.05) is 24.9 Å². The summed E-state index contributed by atoms with van der Waals surface area (Å²) in [6.07, 6.45) is 7.37. The lowest BCUT2D eigenvalue weighted by atomic mass is 9.89. The first-order chi connectivity index (χ1) is 10.4. The fourth-order valence-electron chi connectivity index (χ4n) is 3.56. The van der Waals surface area contributed by atoms with E-state index >= 15 is 0 Å². The Labute approximate surface area is 135 Å². The molecular formula is C18H32N2O2. The summed E-state index contributed by atoms with van der Waals surface area (Å²) in [5, 5.41) is 0. The largest absolute Gasteiger partial charge is 0.332 e. The number of piperidine rings is 2. The number of hydrogen-bond acceptors (Lipinski definition) is 3. The molecule has 2 saturated heterocycles. The van der Waals surface area contributed by atoms with Crippen LogP contribution < -0.4 is 0 Å². The van der Waals surface area contributed by atoms with E-state index in [4.69, 9.17) is 0 Å². The molecule has 2 rings (SSSR count). The van der Waals surface area contributed by atoms with Crippen molar-refractivity contribution in [3.8, 4) is 0 Å². The van der Waals surface area contributed by atoms with Crippen LogP contribution in [0.4, 0.5) is 0 Å². The van der Waals surface area contributed by atoms with Crippen molar-refractivity contribution >= 4 is 11.7 Å². The van der Waals surface area contributed by atoms with Gasteiger partial charge in [0.2, 0.25) is 5.91 Å². The topological polar surface area (TPSA) is 40.6 Å². The van der Waals surface area contributed by atoms with Crippen LogP contribution in [0.25, 0.3) is 0 Å². The molecule has 0 spiro atoms. The Morgan fingerprint density at radius 2 is 1.59 bits per heavy atom. The molecule has 1 amide bonds. The van der Waals surface area contributed by atoms with Crippen molar-refractivity contribution in [2.24, 2.45) is 5.41 Å². The minimum absolute atomic E-state index is 0.128. The molecule has 2 fully saturated rings. The molecule has 4 nitrogen and oxygen atoms in total. The molecule has 1 atom stereocenters. The summed E-state index contributed by atoms with van der Waals surface area (Å²) in [6.45, 7) is 9.70. The summed E-state index contributed by atoms with van der Waals surface area (Å²) < 4.78 is 0. The molecule has 0 radical (unpaired) electrons. The normalized spacial score (nSPS) is 24.3. The molecule has 0 aliphatic carbocycles. The maximum absolute atomic E-state index is 12.7. The van der Waals surface area contributed by atoms with Crippen LogP contribution in [0.3, 0.4) is 0 Å². The van der Waals surface area contributed by atoms with Gasteiger partial charge in [0.05, 0.1) is 6.04 Å². The van der Waals surface area contributed by atoms with E-state index in [2.05, 4.69) is 4.90 Å². The van der Waals surface area contributed by atoms with Crippen LogP contribution in [0.15, 0.2) is 0 Å². The Hall–Kier alpha value is -0.900. The molecule has 0 aromatic heterocycles. The van der Waals surface area contributed by atoms with E-state index in [9.17, 15) is 9.59 Å². The molecule has 2 aliphatic rings. The van der Waals surface area contributed by atoms with Crippen LogP contribution in [-0.4, -0.2) is 53.7 Å². The quantitative estimate of drug-likeness (QED) is 0.802. The smallest absolute Gasteiger partial charge is 0.228 e. The molecule has 22 heavy (non-hydrogen) atoms. The summed E-state index contributed by atoms with van der Waals surface area (Å²) in [5.74, 6) is 0.395. The third-order valence-corrected chi connectivity index (χ3v) is 4.90. The molecular weight excluding hydrogens is 276 g/mol. The van der Waals surface area contributed by atoms with Crippen LogP contribution in [0.2, 0.25) is 0 Å².